The van der Waals surface area contributed by atoms with E-state index in [1.165, 1.54) is 6.20 Å². The first kappa shape index (κ1) is 15.5. The Morgan fingerprint density at radius 1 is 1.14 bits per heavy atom. The maximum Gasteiger partial charge on any atom is 0.263 e. The minimum Gasteiger partial charge on any atom is -0.363 e. The molecule has 118 valence electrons. The maximum atomic E-state index is 13.8. The number of anilines is 1. The predicted molar refractivity (Wildman–Crippen MR) is 82.3 cm³/mol. The summed E-state index contributed by atoms with van der Waals surface area (Å²) in [5.41, 5.74) is 1.22. The zero-order valence-electron chi connectivity index (χ0n) is 11.4. The van der Waals surface area contributed by atoms with Gasteiger partial charge in [0.05, 0.1) is 10.2 Å². The summed E-state index contributed by atoms with van der Waals surface area (Å²) in [6.45, 7) is 0. The molecule has 0 radical (unpaired) electrons. The zero-order chi connectivity index (χ0) is 15.9. The molecule has 1 heterocycles. The Labute approximate surface area is 135 Å². The Hall–Kier alpha value is -1.41. The molecule has 2 N–H and O–H groups in total. The molecule has 3 rings (SSSR count). The lowest BCUT2D eigenvalue weighted by Crippen LogP contribution is -2.16. The molecule has 0 atom stereocenters. The third-order valence-electron chi connectivity index (χ3n) is 3.69. The molecule has 1 aliphatic carbocycles. The van der Waals surface area contributed by atoms with Crippen LogP contribution in [0.25, 0.3) is 0 Å². The van der Waals surface area contributed by atoms with Crippen molar-refractivity contribution >= 4 is 31.6 Å². The second-order valence-electron chi connectivity index (χ2n) is 5.17. The smallest absolute Gasteiger partial charge is 0.263 e. The van der Waals surface area contributed by atoms with Crippen LogP contribution in [0.1, 0.15) is 24.1 Å². The average Bonchev–Trinajstić information content (AvgIpc) is 2.89. The topological polar surface area (TPSA) is 62.0 Å². The fraction of sp³-hybridized carbons (Fsp3) is 0.286. The molecule has 0 amide bonds. The number of halogens is 3. The molecule has 22 heavy (non-hydrogen) atoms. The van der Waals surface area contributed by atoms with E-state index < -0.39 is 27.3 Å². The Morgan fingerprint density at radius 2 is 1.86 bits per heavy atom. The van der Waals surface area contributed by atoms with E-state index in [4.69, 9.17) is 0 Å². The summed E-state index contributed by atoms with van der Waals surface area (Å²) in [4.78, 5) is 3.06. The van der Waals surface area contributed by atoms with Crippen molar-refractivity contribution in [2.24, 2.45) is 0 Å². The number of aryl methyl sites for hydroxylation is 1. The van der Waals surface area contributed by atoms with Gasteiger partial charge in [0.1, 0.15) is 16.5 Å². The van der Waals surface area contributed by atoms with Crippen molar-refractivity contribution in [2.75, 3.05) is 4.72 Å². The van der Waals surface area contributed by atoms with Crippen LogP contribution in [0.15, 0.2) is 27.7 Å². The number of nitrogens with one attached hydrogen (secondary N) is 2. The lowest BCUT2D eigenvalue weighted by molar-refractivity contribution is 0.590. The fourth-order valence-electron chi connectivity index (χ4n) is 2.62. The van der Waals surface area contributed by atoms with E-state index in [2.05, 4.69) is 25.6 Å². The molecular weight excluding hydrogens is 378 g/mol. The third-order valence-corrected chi connectivity index (χ3v) is 5.73. The molecule has 1 aromatic heterocycles. The van der Waals surface area contributed by atoms with Crippen LogP contribution in [0, 0.1) is 11.6 Å². The van der Waals surface area contributed by atoms with E-state index in [1.807, 2.05) is 0 Å². The lowest BCUT2D eigenvalue weighted by atomic mass is 9.98. The lowest BCUT2D eigenvalue weighted by Gasteiger charge is -2.14. The summed E-state index contributed by atoms with van der Waals surface area (Å²) in [7, 11) is -3.97. The van der Waals surface area contributed by atoms with Crippen LogP contribution in [-0.2, 0) is 22.9 Å². The average molecular weight is 391 g/mol. The number of sulfonamides is 1. The molecule has 0 aliphatic heterocycles. The van der Waals surface area contributed by atoms with Gasteiger partial charge < -0.3 is 4.98 Å². The van der Waals surface area contributed by atoms with E-state index in [0.29, 0.717) is 6.42 Å². The highest BCUT2D eigenvalue weighted by Gasteiger charge is 2.25. The summed E-state index contributed by atoms with van der Waals surface area (Å²) in [6, 6.07) is 1.70. The Kier molecular flexibility index (Phi) is 3.98. The number of hydrogen-bond donors (Lipinski definition) is 2. The van der Waals surface area contributed by atoms with E-state index in [-0.39, 0.29) is 9.37 Å². The highest BCUT2D eigenvalue weighted by atomic mass is 79.9. The van der Waals surface area contributed by atoms with Crippen molar-refractivity contribution in [3.63, 3.8) is 0 Å². The molecule has 8 heteroatoms. The number of aromatic nitrogens is 1. The van der Waals surface area contributed by atoms with Gasteiger partial charge in [-0.3, -0.25) is 4.72 Å². The van der Waals surface area contributed by atoms with Crippen molar-refractivity contribution < 1.29 is 17.2 Å². The van der Waals surface area contributed by atoms with Gasteiger partial charge in [0, 0.05) is 18.0 Å². The summed E-state index contributed by atoms with van der Waals surface area (Å²) >= 11 is 2.85. The van der Waals surface area contributed by atoms with Crippen LogP contribution in [0.5, 0.6) is 0 Å². The molecule has 0 saturated heterocycles. The van der Waals surface area contributed by atoms with Gasteiger partial charge in [-0.15, -0.1) is 0 Å². The van der Waals surface area contributed by atoms with Crippen LogP contribution in [-0.4, -0.2) is 13.4 Å². The van der Waals surface area contributed by atoms with Crippen LogP contribution in [0.3, 0.4) is 0 Å². The Bertz CT molecular complexity index is 834. The fourth-order valence-corrected chi connectivity index (χ4v) is 4.25. The SMILES string of the molecule is O=S(=O)(Nc1cc(F)c(Br)cc1F)c1c[nH]c2c1CCCC2. The van der Waals surface area contributed by atoms with E-state index in [1.54, 1.807) is 0 Å². The van der Waals surface area contributed by atoms with Gasteiger partial charge in [-0.1, -0.05) is 0 Å². The largest absolute Gasteiger partial charge is 0.363 e. The molecule has 0 unspecified atom stereocenters. The highest BCUT2D eigenvalue weighted by molar-refractivity contribution is 9.10. The molecule has 4 nitrogen and oxygen atoms in total. The van der Waals surface area contributed by atoms with Gasteiger partial charge in [0.25, 0.3) is 10.0 Å². The standard InChI is InChI=1S/C14H13BrF2N2O2S/c15-9-5-11(17)13(6-10(9)16)19-22(20,21)14-7-18-12-4-2-1-3-8(12)14/h5-7,18-19H,1-4H2. The van der Waals surface area contributed by atoms with Crippen LogP contribution in [0.2, 0.25) is 0 Å². The Morgan fingerprint density at radius 3 is 2.64 bits per heavy atom. The van der Waals surface area contributed by atoms with Gasteiger partial charge in [-0.25, -0.2) is 17.2 Å². The zero-order valence-corrected chi connectivity index (χ0v) is 13.8. The summed E-state index contributed by atoms with van der Waals surface area (Å²) in [5.74, 6) is -1.59. The van der Waals surface area contributed by atoms with Crippen LogP contribution in [0.4, 0.5) is 14.5 Å². The first-order valence-corrected chi connectivity index (χ1v) is 9.02. The summed E-state index contributed by atoms with van der Waals surface area (Å²) in [6.07, 6.45) is 4.78. The van der Waals surface area contributed by atoms with Gasteiger partial charge in [0.2, 0.25) is 0 Å². The Balaban J connectivity index is 1.98. The molecule has 0 bridgehead atoms. The number of hydrogen-bond acceptors (Lipinski definition) is 2. The third kappa shape index (κ3) is 2.77. The number of fused-ring (bicyclic) bond motifs is 1. The van der Waals surface area contributed by atoms with Crippen molar-refractivity contribution in [1.82, 2.24) is 4.98 Å². The van der Waals surface area contributed by atoms with Crippen molar-refractivity contribution in [1.29, 1.82) is 0 Å². The van der Waals surface area contributed by atoms with Gasteiger partial charge >= 0.3 is 0 Å². The quantitative estimate of drug-likeness (QED) is 0.784. The van der Waals surface area contributed by atoms with Crippen molar-refractivity contribution in [2.45, 2.75) is 30.6 Å². The summed E-state index contributed by atoms with van der Waals surface area (Å²) in [5, 5.41) is 0. The van der Waals surface area contributed by atoms with Crippen LogP contribution < -0.4 is 4.72 Å². The number of aromatic amines is 1. The molecule has 2 aromatic rings. The monoisotopic (exact) mass is 390 g/mol. The first-order valence-electron chi connectivity index (χ1n) is 6.75. The summed E-state index contributed by atoms with van der Waals surface area (Å²) < 4.78 is 54.3. The number of rotatable bonds is 3. The number of benzene rings is 1. The second kappa shape index (κ2) is 5.66. The van der Waals surface area contributed by atoms with E-state index in [9.17, 15) is 17.2 Å². The normalized spacial score (nSPS) is 14.7. The highest BCUT2D eigenvalue weighted by Crippen LogP contribution is 2.30. The van der Waals surface area contributed by atoms with Crippen molar-refractivity contribution in [3.8, 4) is 0 Å². The van der Waals surface area contributed by atoms with E-state index >= 15 is 0 Å². The van der Waals surface area contributed by atoms with E-state index in [0.717, 1.165) is 42.7 Å². The minimum absolute atomic E-state index is 0.0630. The van der Waals surface area contributed by atoms with Gasteiger partial charge in [0.15, 0.2) is 0 Å². The van der Waals surface area contributed by atoms with Gasteiger partial charge in [-0.05, 0) is 53.2 Å². The molecular formula is C14H13BrF2N2O2S. The minimum atomic E-state index is -3.97. The van der Waals surface area contributed by atoms with Crippen molar-refractivity contribution in [3.05, 3.63) is 45.7 Å². The number of H-pyrrole nitrogens is 1. The molecule has 0 spiro atoms. The molecule has 0 fully saturated rings. The molecule has 0 saturated carbocycles. The first-order chi connectivity index (χ1) is 10.4. The van der Waals surface area contributed by atoms with Crippen LogP contribution >= 0.6 is 15.9 Å². The second-order valence-corrected chi connectivity index (χ2v) is 7.67. The molecule has 1 aromatic carbocycles. The predicted octanol–water partition coefficient (Wildman–Crippen LogP) is 3.74. The van der Waals surface area contributed by atoms with Gasteiger partial charge in [-0.2, -0.15) is 0 Å². The molecule has 1 aliphatic rings. The maximum absolute atomic E-state index is 13.8.